The van der Waals surface area contributed by atoms with Crippen LogP contribution in [0.3, 0.4) is 0 Å². The topological polar surface area (TPSA) is 87.2 Å². The number of piperidine rings is 1. The van der Waals surface area contributed by atoms with Crippen molar-refractivity contribution in [1.82, 2.24) is 20.6 Å². The molecule has 0 aliphatic carbocycles. The summed E-state index contributed by atoms with van der Waals surface area (Å²) in [5.41, 5.74) is 0.772. The summed E-state index contributed by atoms with van der Waals surface area (Å²) in [6, 6.07) is 0. The zero-order chi connectivity index (χ0) is 13.9. The maximum atomic E-state index is 11.8. The smallest absolute Gasteiger partial charge is 0.234 e. The molecule has 1 aromatic rings. The molecule has 1 aromatic heterocycles. The SMILES string of the molecule is Cl.Cl.O=C1CCC(c2cnc(N3CCNCC3)nc2)C(=O)N1. The van der Waals surface area contributed by atoms with Crippen molar-refractivity contribution >= 4 is 42.6 Å². The molecule has 0 spiro atoms. The number of rotatable bonds is 2. The van der Waals surface area contributed by atoms with Crippen LogP contribution < -0.4 is 15.5 Å². The van der Waals surface area contributed by atoms with Gasteiger partial charge in [-0.25, -0.2) is 9.97 Å². The number of halogens is 2. The van der Waals surface area contributed by atoms with Crippen LogP contribution in [0.2, 0.25) is 0 Å². The Morgan fingerprint density at radius 2 is 1.73 bits per heavy atom. The molecule has 7 nitrogen and oxygen atoms in total. The van der Waals surface area contributed by atoms with E-state index in [1.807, 2.05) is 0 Å². The van der Waals surface area contributed by atoms with Gasteiger partial charge in [0, 0.05) is 50.6 Å². The molecule has 1 atom stereocenters. The van der Waals surface area contributed by atoms with Gasteiger partial charge < -0.3 is 10.2 Å². The molecule has 0 bridgehead atoms. The van der Waals surface area contributed by atoms with Gasteiger partial charge in [0.15, 0.2) is 0 Å². The minimum Gasteiger partial charge on any atom is -0.338 e. The van der Waals surface area contributed by atoms with Crippen molar-refractivity contribution < 1.29 is 9.59 Å². The standard InChI is InChI=1S/C13H17N5O2.2ClH/c19-11-2-1-10(12(20)17-11)9-7-15-13(16-8-9)18-5-3-14-4-6-18;;/h7-8,10,14H,1-6H2,(H,17,19,20);2*1H. The molecule has 1 unspecified atom stereocenters. The largest absolute Gasteiger partial charge is 0.338 e. The van der Waals surface area contributed by atoms with Gasteiger partial charge in [-0.2, -0.15) is 0 Å². The van der Waals surface area contributed by atoms with Gasteiger partial charge in [-0.1, -0.05) is 0 Å². The maximum absolute atomic E-state index is 11.8. The lowest BCUT2D eigenvalue weighted by molar-refractivity contribution is -0.134. The first-order chi connectivity index (χ1) is 9.74. The Morgan fingerprint density at radius 1 is 1.09 bits per heavy atom. The van der Waals surface area contributed by atoms with Crippen LogP contribution in [0.15, 0.2) is 12.4 Å². The third kappa shape index (κ3) is 4.06. The highest BCUT2D eigenvalue weighted by Crippen LogP contribution is 2.24. The van der Waals surface area contributed by atoms with Gasteiger partial charge in [0.1, 0.15) is 0 Å². The second kappa shape index (κ2) is 8.26. The Hall–Kier alpha value is -1.44. The number of amides is 2. The number of hydrogen-bond acceptors (Lipinski definition) is 6. The fourth-order valence-electron chi connectivity index (χ4n) is 2.55. The van der Waals surface area contributed by atoms with Crippen molar-refractivity contribution in [3.63, 3.8) is 0 Å². The van der Waals surface area contributed by atoms with E-state index < -0.39 is 0 Å². The van der Waals surface area contributed by atoms with E-state index in [9.17, 15) is 9.59 Å². The normalized spacial score (nSPS) is 21.5. The molecule has 0 aromatic carbocycles. The number of piperazine rings is 1. The Kier molecular flexibility index (Phi) is 6.99. The highest BCUT2D eigenvalue weighted by molar-refractivity contribution is 6.00. The molecule has 2 aliphatic heterocycles. The van der Waals surface area contributed by atoms with E-state index in [4.69, 9.17) is 0 Å². The Bertz CT molecular complexity index is 520. The minimum atomic E-state index is -0.315. The van der Waals surface area contributed by atoms with Gasteiger partial charge in [0.2, 0.25) is 17.8 Å². The van der Waals surface area contributed by atoms with Crippen LogP contribution in [0.5, 0.6) is 0 Å². The van der Waals surface area contributed by atoms with E-state index in [-0.39, 0.29) is 42.5 Å². The fraction of sp³-hybridized carbons (Fsp3) is 0.538. The highest BCUT2D eigenvalue weighted by atomic mass is 35.5. The lowest BCUT2D eigenvalue weighted by atomic mass is 9.92. The first kappa shape index (κ1) is 18.6. The minimum absolute atomic E-state index is 0. The van der Waals surface area contributed by atoms with Gasteiger partial charge in [-0.15, -0.1) is 24.8 Å². The van der Waals surface area contributed by atoms with Crippen LogP contribution in [0.1, 0.15) is 24.3 Å². The average Bonchev–Trinajstić information content (AvgIpc) is 2.48. The van der Waals surface area contributed by atoms with Gasteiger partial charge in [0.25, 0.3) is 0 Å². The Labute approximate surface area is 141 Å². The van der Waals surface area contributed by atoms with Crippen LogP contribution in [0.25, 0.3) is 0 Å². The molecule has 3 rings (SSSR count). The number of nitrogens with zero attached hydrogens (tertiary/aromatic N) is 3. The molecule has 3 heterocycles. The molecular formula is C13H19Cl2N5O2. The van der Waals surface area contributed by atoms with Crippen molar-refractivity contribution in [2.45, 2.75) is 18.8 Å². The highest BCUT2D eigenvalue weighted by Gasteiger charge is 2.28. The Morgan fingerprint density at radius 3 is 2.32 bits per heavy atom. The van der Waals surface area contributed by atoms with Gasteiger partial charge in [0.05, 0.1) is 5.92 Å². The summed E-state index contributed by atoms with van der Waals surface area (Å²) in [7, 11) is 0. The monoisotopic (exact) mass is 347 g/mol. The maximum Gasteiger partial charge on any atom is 0.234 e. The molecule has 0 saturated carbocycles. The molecule has 2 N–H and O–H groups in total. The summed E-state index contributed by atoms with van der Waals surface area (Å²) >= 11 is 0. The average molecular weight is 348 g/mol. The van der Waals surface area contributed by atoms with Crippen molar-refractivity contribution in [3.05, 3.63) is 18.0 Å². The molecule has 22 heavy (non-hydrogen) atoms. The molecular weight excluding hydrogens is 329 g/mol. The summed E-state index contributed by atoms with van der Waals surface area (Å²) in [5, 5.41) is 5.63. The second-order valence-electron chi connectivity index (χ2n) is 5.06. The molecule has 2 fully saturated rings. The second-order valence-corrected chi connectivity index (χ2v) is 5.06. The predicted octanol–water partition coefficient (Wildman–Crippen LogP) is 0.250. The van der Waals surface area contributed by atoms with Crippen molar-refractivity contribution in [2.24, 2.45) is 0 Å². The first-order valence-electron chi connectivity index (χ1n) is 6.85. The number of carbonyl (C=O) groups excluding carboxylic acids is 2. The number of imide groups is 1. The first-order valence-corrected chi connectivity index (χ1v) is 6.85. The lowest BCUT2D eigenvalue weighted by Gasteiger charge is -2.27. The molecule has 2 saturated heterocycles. The van der Waals surface area contributed by atoms with Crippen LogP contribution >= 0.6 is 24.8 Å². The summed E-state index contributed by atoms with van der Waals surface area (Å²) in [6.45, 7) is 3.63. The predicted molar refractivity (Wildman–Crippen MR) is 86.7 cm³/mol. The van der Waals surface area contributed by atoms with E-state index in [0.29, 0.717) is 18.8 Å². The number of anilines is 1. The lowest BCUT2D eigenvalue weighted by Crippen LogP contribution is -2.44. The molecule has 9 heteroatoms. The van der Waals surface area contributed by atoms with E-state index in [1.54, 1.807) is 12.4 Å². The summed E-state index contributed by atoms with van der Waals surface area (Å²) in [6.07, 6.45) is 4.30. The third-order valence-electron chi connectivity index (χ3n) is 3.70. The van der Waals surface area contributed by atoms with Gasteiger partial charge >= 0.3 is 0 Å². The number of aromatic nitrogens is 2. The number of hydrogen-bond donors (Lipinski definition) is 2. The third-order valence-corrected chi connectivity index (χ3v) is 3.70. The zero-order valence-electron chi connectivity index (χ0n) is 11.9. The van der Waals surface area contributed by atoms with E-state index >= 15 is 0 Å². The summed E-state index contributed by atoms with van der Waals surface area (Å²) < 4.78 is 0. The molecule has 122 valence electrons. The van der Waals surface area contributed by atoms with Crippen LogP contribution in [-0.2, 0) is 9.59 Å². The van der Waals surface area contributed by atoms with Crippen LogP contribution in [0.4, 0.5) is 5.95 Å². The number of nitrogens with one attached hydrogen (secondary N) is 2. The molecule has 0 radical (unpaired) electrons. The van der Waals surface area contributed by atoms with Crippen LogP contribution in [0, 0.1) is 0 Å². The zero-order valence-corrected chi connectivity index (χ0v) is 13.6. The summed E-state index contributed by atoms with van der Waals surface area (Å²) in [5.74, 6) is -0.0725. The van der Waals surface area contributed by atoms with E-state index in [0.717, 1.165) is 31.7 Å². The van der Waals surface area contributed by atoms with Gasteiger partial charge in [-0.05, 0) is 6.42 Å². The molecule has 2 aliphatic rings. The van der Waals surface area contributed by atoms with Crippen LogP contribution in [-0.4, -0.2) is 48.0 Å². The van der Waals surface area contributed by atoms with Crippen molar-refractivity contribution in [2.75, 3.05) is 31.1 Å². The van der Waals surface area contributed by atoms with E-state index in [1.165, 1.54) is 0 Å². The molecule has 2 amide bonds. The van der Waals surface area contributed by atoms with E-state index in [2.05, 4.69) is 25.5 Å². The quantitative estimate of drug-likeness (QED) is 0.745. The number of carbonyl (C=O) groups is 2. The fourth-order valence-corrected chi connectivity index (χ4v) is 2.55. The van der Waals surface area contributed by atoms with Crippen molar-refractivity contribution in [3.8, 4) is 0 Å². The van der Waals surface area contributed by atoms with Gasteiger partial charge in [-0.3, -0.25) is 14.9 Å². The van der Waals surface area contributed by atoms with Crippen molar-refractivity contribution in [1.29, 1.82) is 0 Å². The summed E-state index contributed by atoms with van der Waals surface area (Å²) in [4.78, 5) is 33.7. The Balaban J connectivity index is 0.00000121.